The minimum absolute atomic E-state index is 0.0109. The van der Waals surface area contributed by atoms with Crippen LogP contribution in [0.2, 0.25) is 0 Å². The number of carbonyl (C=O) groups is 3. The summed E-state index contributed by atoms with van der Waals surface area (Å²) in [5.74, 6) is -0.235. The van der Waals surface area contributed by atoms with Crippen LogP contribution in [0, 0.1) is 0 Å². The molecule has 2 aliphatic heterocycles. The molecule has 0 radical (unpaired) electrons. The highest BCUT2D eigenvalue weighted by molar-refractivity contribution is 5.92. The van der Waals surface area contributed by atoms with Gasteiger partial charge in [0.1, 0.15) is 18.0 Å². The molecule has 3 atom stereocenters. The Kier molecular flexibility index (Phi) is 6.94. The summed E-state index contributed by atoms with van der Waals surface area (Å²) < 4.78 is 0. The SMILES string of the molecule is CCNC(=O)N1[C@H]2[C@H](C)N(Cc3cccc4ccccc34)C(=O)[C@H](Cc3ccc(O)cc3)N2C(=O)CN1C. The van der Waals surface area contributed by atoms with Gasteiger partial charge in [-0.1, -0.05) is 54.6 Å². The van der Waals surface area contributed by atoms with Gasteiger partial charge in [-0.3, -0.25) is 9.59 Å². The molecule has 3 aromatic carbocycles. The van der Waals surface area contributed by atoms with Gasteiger partial charge in [-0.05, 0) is 47.9 Å². The first-order chi connectivity index (χ1) is 18.3. The summed E-state index contributed by atoms with van der Waals surface area (Å²) in [5.41, 5.74) is 1.82. The third-order valence-electron chi connectivity index (χ3n) is 7.50. The lowest BCUT2D eigenvalue weighted by molar-refractivity contribution is -0.196. The zero-order valence-electron chi connectivity index (χ0n) is 21.9. The van der Waals surface area contributed by atoms with Crippen LogP contribution < -0.4 is 5.32 Å². The molecule has 5 rings (SSSR count). The number of benzene rings is 3. The summed E-state index contributed by atoms with van der Waals surface area (Å²) in [6.07, 6.45) is -0.407. The monoisotopic (exact) mass is 515 g/mol. The molecular weight excluding hydrogens is 482 g/mol. The zero-order chi connectivity index (χ0) is 27.0. The van der Waals surface area contributed by atoms with Gasteiger partial charge >= 0.3 is 6.03 Å². The number of aromatic hydroxyl groups is 1. The van der Waals surface area contributed by atoms with Gasteiger partial charge in [0.05, 0.1) is 12.6 Å². The summed E-state index contributed by atoms with van der Waals surface area (Å²) in [7, 11) is 1.72. The van der Waals surface area contributed by atoms with E-state index in [-0.39, 0.29) is 36.6 Å². The Bertz CT molecular complexity index is 1360. The number of urea groups is 1. The molecule has 2 fully saturated rings. The van der Waals surface area contributed by atoms with Crippen molar-refractivity contribution in [2.45, 2.75) is 45.1 Å². The fraction of sp³-hybridized carbons (Fsp3) is 0.345. The minimum Gasteiger partial charge on any atom is -0.508 e. The van der Waals surface area contributed by atoms with Crippen LogP contribution in [0.15, 0.2) is 66.7 Å². The molecule has 9 nitrogen and oxygen atoms in total. The fourth-order valence-electron chi connectivity index (χ4n) is 5.67. The molecule has 0 bridgehead atoms. The number of hydrogen-bond donors (Lipinski definition) is 2. The average molecular weight is 516 g/mol. The standard InChI is InChI=1S/C29H33N5O4/c1-4-30-29(38)34-27-19(2)32(17-22-10-7-9-21-8-5-6-11-24(21)22)28(37)25(33(27)26(36)18-31(34)3)16-20-12-14-23(35)15-13-20/h5-15,19,25,27,35H,4,16-18H2,1-3H3,(H,30,38)/t19-,25-,27-/m0/s1. The molecule has 198 valence electrons. The van der Waals surface area contributed by atoms with Crippen molar-refractivity contribution in [3.63, 3.8) is 0 Å². The maximum absolute atomic E-state index is 14.2. The Labute approximate surface area is 222 Å². The van der Waals surface area contributed by atoms with Crippen LogP contribution >= 0.6 is 0 Å². The maximum Gasteiger partial charge on any atom is 0.333 e. The highest BCUT2D eigenvalue weighted by Gasteiger charge is 2.54. The fourth-order valence-corrected chi connectivity index (χ4v) is 5.67. The Balaban J connectivity index is 1.58. The van der Waals surface area contributed by atoms with Crippen LogP contribution in [0.25, 0.3) is 10.8 Å². The molecule has 0 saturated carbocycles. The largest absolute Gasteiger partial charge is 0.508 e. The van der Waals surface area contributed by atoms with Gasteiger partial charge in [-0.25, -0.2) is 14.8 Å². The van der Waals surface area contributed by atoms with E-state index in [1.165, 1.54) is 0 Å². The van der Waals surface area contributed by atoms with Crippen molar-refractivity contribution in [3.05, 3.63) is 77.9 Å². The number of nitrogens with zero attached hydrogens (tertiary/aromatic N) is 4. The van der Waals surface area contributed by atoms with Crippen molar-refractivity contribution in [3.8, 4) is 5.75 Å². The van der Waals surface area contributed by atoms with E-state index in [0.717, 1.165) is 21.9 Å². The van der Waals surface area contributed by atoms with Crippen molar-refractivity contribution in [1.82, 2.24) is 25.1 Å². The minimum atomic E-state index is -0.797. The van der Waals surface area contributed by atoms with Crippen LogP contribution in [0.4, 0.5) is 4.79 Å². The molecule has 9 heteroatoms. The lowest BCUT2D eigenvalue weighted by Gasteiger charge is -2.57. The summed E-state index contributed by atoms with van der Waals surface area (Å²) >= 11 is 0. The number of hydrazine groups is 1. The average Bonchev–Trinajstić information content (AvgIpc) is 2.90. The summed E-state index contributed by atoms with van der Waals surface area (Å²) in [4.78, 5) is 44.3. The lowest BCUT2D eigenvalue weighted by Crippen LogP contribution is -2.78. The van der Waals surface area contributed by atoms with E-state index < -0.39 is 18.2 Å². The topological polar surface area (TPSA) is 96.4 Å². The quantitative estimate of drug-likeness (QED) is 0.545. The molecule has 2 aliphatic rings. The number of likely N-dealkylation sites (N-methyl/N-ethyl adjacent to an activating group) is 1. The van der Waals surface area contributed by atoms with E-state index in [1.54, 1.807) is 51.1 Å². The lowest BCUT2D eigenvalue weighted by atomic mass is 9.94. The molecule has 0 aliphatic carbocycles. The van der Waals surface area contributed by atoms with Crippen molar-refractivity contribution in [1.29, 1.82) is 0 Å². The number of rotatable bonds is 5. The Morgan fingerprint density at radius 3 is 2.47 bits per heavy atom. The molecule has 38 heavy (non-hydrogen) atoms. The first-order valence-corrected chi connectivity index (χ1v) is 12.9. The number of phenols is 1. The number of amides is 4. The highest BCUT2D eigenvalue weighted by atomic mass is 16.3. The van der Waals surface area contributed by atoms with Gasteiger partial charge in [0.15, 0.2) is 0 Å². The second-order valence-corrected chi connectivity index (χ2v) is 9.94. The van der Waals surface area contributed by atoms with E-state index in [0.29, 0.717) is 13.1 Å². The first-order valence-electron chi connectivity index (χ1n) is 12.9. The second-order valence-electron chi connectivity index (χ2n) is 9.94. The highest BCUT2D eigenvalue weighted by Crippen LogP contribution is 2.33. The van der Waals surface area contributed by atoms with E-state index in [1.807, 2.05) is 56.3 Å². The number of phenolic OH excluding ortho intramolecular Hbond substituents is 1. The van der Waals surface area contributed by atoms with Crippen LogP contribution in [-0.2, 0) is 22.6 Å². The number of carbonyl (C=O) groups excluding carboxylic acids is 3. The molecule has 0 unspecified atom stereocenters. The zero-order valence-corrected chi connectivity index (χ0v) is 21.9. The number of nitrogens with one attached hydrogen (secondary N) is 1. The predicted octanol–water partition coefficient (Wildman–Crippen LogP) is 2.93. The summed E-state index contributed by atoms with van der Waals surface area (Å²) in [6, 6.07) is 19.2. The molecule has 2 N–H and O–H groups in total. The van der Waals surface area contributed by atoms with Crippen LogP contribution in [0.1, 0.15) is 25.0 Å². The van der Waals surface area contributed by atoms with E-state index >= 15 is 0 Å². The van der Waals surface area contributed by atoms with Crippen molar-refractivity contribution in [2.24, 2.45) is 0 Å². The van der Waals surface area contributed by atoms with Crippen molar-refractivity contribution >= 4 is 28.6 Å². The normalized spacial score (nSPS) is 22.1. The van der Waals surface area contributed by atoms with E-state index in [2.05, 4.69) is 5.32 Å². The van der Waals surface area contributed by atoms with Gasteiger partial charge in [0.2, 0.25) is 11.8 Å². The Hall–Kier alpha value is -4.11. The molecule has 2 heterocycles. The first kappa shape index (κ1) is 25.5. The second kappa shape index (κ2) is 10.3. The summed E-state index contributed by atoms with van der Waals surface area (Å²) in [5, 5.41) is 18.0. The molecular formula is C29H33N5O4. The maximum atomic E-state index is 14.2. The van der Waals surface area contributed by atoms with Crippen molar-refractivity contribution < 1.29 is 19.5 Å². The number of hydrogen-bond acceptors (Lipinski definition) is 5. The van der Waals surface area contributed by atoms with E-state index in [9.17, 15) is 19.5 Å². The number of fused-ring (bicyclic) bond motifs is 2. The van der Waals surface area contributed by atoms with Gasteiger partial charge in [-0.15, -0.1) is 0 Å². The smallest absolute Gasteiger partial charge is 0.333 e. The molecule has 3 aromatic rings. The van der Waals surface area contributed by atoms with Crippen LogP contribution in [0.3, 0.4) is 0 Å². The predicted molar refractivity (Wildman–Crippen MR) is 144 cm³/mol. The Morgan fingerprint density at radius 1 is 1.03 bits per heavy atom. The van der Waals surface area contributed by atoms with Gasteiger partial charge < -0.3 is 20.2 Å². The van der Waals surface area contributed by atoms with Gasteiger partial charge in [-0.2, -0.15) is 0 Å². The van der Waals surface area contributed by atoms with Crippen molar-refractivity contribution in [2.75, 3.05) is 20.1 Å². The van der Waals surface area contributed by atoms with Crippen LogP contribution in [-0.4, -0.2) is 81.2 Å². The van der Waals surface area contributed by atoms with Gasteiger partial charge in [0.25, 0.3) is 0 Å². The van der Waals surface area contributed by atoms with Crippen LogP contribution in [0.5, 0.6) is 5.75 Å². The molecule has 2 saturated heterocycles. The molecule has 0 spiro atoms. The molecule has 0 aromatic heterocycles. The molecule has 4 amide bonds. The van der Waals surface area contributed by atoms with Gasteiger partial charge in [0, 0.05) is 26.6 Å². The Morgan fingerprint density at radius 2 is 1.74 bits per heavy atom. The number of piperazine rings is 1. The third-order valence-corrected chi connectivity index (χ3v) is 7.50. The third kappa shape index (κ3) is 4.54. The summed E-state index contributed by atoms with van der Waals surface area (Å²) in [6.45, 7) is 4.52. The van der Waals surface area contributed by atoms with E-state index in [4.69, 9.17) is 0 Å².